The minimum absolute atomic E-state index is 0.140. The van der Waals surface area contributed by atoms with Crippen LogP contribution in [0, 0.1) is 5.92 Å². The highest BCUT2D eigenvalue weighted by molar-refractivity contribution is 6.36. The van der Waals surface area contributed by atoms with E-state index in [0.717, 1.165) is 11.3 Å². The second-order valence-corrected chi connectivity index (χ2v) is 8.88. The lowest BCUT2D eigenvalue weighted by atomic mass is 10.0. The number of hydrogen-bond donors (Lipinski definition) is 1. The van der Waals surface area contributed by atoms with E-state index in [1.165, 1.54) is 6.07 Å². The van der Waals surface area contributed by atoms with Crippen LogP contribution in [0.4, 0.5) is 5.69 Å². The summed E-state index contributed by atoms with van der Waals surface area (Å²) in [6.45, 7) is 4.49. The van der Waals surface area contributed by atoms with Crippen LogP contribution in [0.15, 0.2) is 42.5 Å². The Morgan fingerprint density at radius 1 is 1.00 bits per heavy atom. The van der Waals surface area contributed by atoms with Crippen molar-refractivity contribution in [2.24, 2.45) is 5.92 Å². The van der Waals surface area contributed by atoms with Gasteiger partial charge in [0.1, 0.15) is 6.04 Å². The normalized spacial score (nSPS) is 11.9. The van der Waals surface area contributed by atoms with Crippen LogP contribution < -0.4 is 10.2 Å². The largest absolute Gasteiger partial charge is 0.378 e. The molecule has 0 aromatic heterocycles. The fraction of sp³-hybridized carbons (Fsp3) is 0.391. The third kappa shape index (κ3) is 6.64. The van der Waals surface area contributed by atoms with Gasteiger partial charge < -0.3 is 15.1 Å². The molecule has 30 heavy (non-hydrogen) atoms. The van der Waals surface area contributed by atoms with Crippen molar-refractivity contribution in [3.05, 3.63) is 63.6 Å². The highest BCUT2D eigenvalue weighted by Gasteiger charge is 2.26. The van der Waals surface area contributed by atoms with Gasteiger partial charge >= 0.3 is 0 Å². The summed E-state index contributed by atoms with van der Waals surface area (Å²) in [4.78, 5) is 29.5. The molecule has 1 unspecified atom stereocenters. The number of rotatable bonds is 8. The third-order valence-corrected chi connectivity index (χ3v) is 5.28. The van der Waals surface area contributed by atoms with Crippen molar-refractivity contribution in [3.8, 4) is 0 Å². The van der Waals surface area contributed by atoms with Gasteiger partial charge in [0.15, 0.2) is 0 Å². The highest BCUT2D eigenvalue weighted by atomic mass is 35.5. The Bertz CT molecular complexity index is 883. The summed E-state index contributed by atoms with van der Waals surface area (Å²) in [5, 5.41) is 3.56. The van der Waals surface area contributed by atoms with Crippen molar-refractivity contribution < 1.29 is 9.59 Å². The minimum atomic E-state index is -0.643. The minimum Gasteiger partial charge on any atom is -0.378 e. The zero-order chi connectivity index (χ0) is 22.4. The molecule has 2 rings (SSSR count). The van der Waals surface area contributed by atoms with E-state index in [4.69, 9.17) is 23.2 Å². The molecule has 0 saturated heterocycles. The lowest BCUT2D eigenvalue weighted by Crippen LogP contribution is -2.47. The summed E-state index contributed by atoms with van der Waals surface area (Å²) in [7, 11) is 5.71. The van der Waals surface area contributed by atoms with Gasteiger partial charge in [0.2, 0.25) is 5.91 Å². The monoisotopic (exact) mass is 449 g/mol. The maximum absolute atomic E-state index is 13.1. The third-order valence-electron chi connectivity index (χ3n) is 4.73. The van der Waals surface area contributed by atoms with E-state index in [1.54, 1.807) is 24.1 Å². The summed E-state index contributed by atoms with van der Waals surface area (Å²) in [5.41, 5.74) is 2.41. The summed E-state index contributed by atoms with van der Waals surface area (Å²) in [6, 6.07) is 12.1. The molecule has 0 aliphatic carbocycles. The van der Waals surface area contributed by atoms with Gasteiger partial charge in [0.25, 0.3) is 5.91 Å². The number of likely N-dealkylation sites (N-methyl/N-ethyl adjacent to an activating group) is 1. The van der Waals surface area contributed by atoms with Gasteiger partial charge in [-0.15, -0.1) is 0 Å². The number of carbonyl (C=O) groups excluding carboxylic acids is 2. The maximum atomic E-state index is 13.1. The molecular formula is C23H29Cl2N3O2. The van der Waals surface area contributed by atoms with E-state index in [1.807, 2.05) is 57.1 Å². The Labute approximate surface area is 189 Å². The van der Waals surface area contributed by atoms with Crippen molar-refractivity contribution in [1.82, 2.24) is 10.2 Å². The Kier molecular flexibility index (Phi) is 8.56. The molecule has 0 spiro atoms. The molecule has 2 aromatic carbocycles. The van der Waals surface area contributed by atoms with Crippen molar-refractivity contribution >= 4 is 40.7 Å². The summed E-state index contributed by atoms with van der Waals surface area (Å²) >= 11 is 12.1. The van der Waals surface area contributed by atoms with Crippen molar-refractivity contribution in [2.45, 2.75) is 32.9 Å². The first kappa shape index (κ1) is 24.0. The van der Waals surface area contributed by atoms with Gasteiger partial charge in [-0.05, 0) is 48.2 Å². The fourth-order valence-corrected chi connectivity index (χ4v) is 3.61. The smallest absolute Gasteiger partial charge is 0.253 e. The quantitative estimate of drug-likeness (QED) is 0.625. The van der Waals surface area contributed by atoms with Crippen LogP contribution in [-0.4, -0.2) is 43.9 Å². The maximum Gasteiger partial charge on any atom is 0.253 e. The van der Waals surface area contributed by atoms with E-state index < -0.39 is 6.04 Å². The standard InChI is InChI=1S/C23H29Cl2N3O2/c1-15(2)12-21(26-22(29)19-11-8-17(24)13-20(19)25)23(30)28(5)14-16-6-9-18(10-7-16)27(3)4/h6-11,13,15,21H,12,14H2,1-5H3,(H,26,29). The van der Waals surface area contributed by atoms with Gasteiger partial charge in [-0.3, -0.25) is 9.59 Å². The number of carbonyl (C=O) groups is 2. The molecule has 0 heterocycles. The molecule has 0 bridgehead atoms. The first-order chi connectivity index (χ1) is 14.1. The topological polar surface area (TPSA) is 52.7 Å². The van der Waals surface area contributed by atoms with E-state index >= 15 is 0 Å². The molecule has 162 valence electrons. The van der Waals surface area contributed by atoms with Gasteiger partial charge in [0.05, 0.1) is 10.6 Å². The molecular weight excluding hydrogens is 421 g/mol. The predicted molar refractivity (Wildman–Crippen MR) is 124 cm³/mol. The van der Waals surface area contributed by atoms with Crippen LogP contribution in [0.2, 0.25) is 10.0 Å². The number of benzene rings is 2. The second-order valence-electron chi connectivity index (χ2n) is 8.03. The summed E-state index contributed by atoms with van der Waals surface area (Å²) in [6.07, 6.45) is 0.527. The van der Waals surface area contributed by atoms with Gasteiger partial charge in [-0.1, -0.05) is 49.2 Å². The number of anilines is 1. The van der Waals surface area contributed by atoms with Crippen LogP contribution in [0.25, 0.3) is 0 Å². The summed E-state index contributed by atoms with van der Waals surface area (Å²) in [5.74, 6) is -0.300. The van der Waals surface area contributed by atoms with E-state index in [2.05, 4.69) is 5.32 Å². The lowest BCUT2D eigenvalue weighted by molar-refractivity contribution is -0.132. The molecule has 1 atom stereocenters. The Balaban J connectivity index is 2.12. The van der Waals surface area contributed by atoms with Gasteiger partial charge in [-0.2, -0.15) is 0 Å². The lowest BCUT2D eigenvalue weighted by Gasteiger charge is -2.26. The highest BCUT2D eigenvalue weighted by Crippen LogP contribution is 2.21. The first-order valence-corrected chi connectivity index (χ1v) is 10.6. The molecule has 7 heteroatoms. The zero-order valence-electron chi connectivity index (χ0n) is 18.1. The average molecular weight is 450 g/mol. The van der Waals surface area contributed by atoms with Gasteiger partial charge in [0, 0.05) is 38.4 Å². The van der Waals surface area contributed by atoms with Gasteiger partial charge in [-0.25, -0.2) is 0 Å². The number of hydrogen-bond acceptors (Lipinski definition) is 3. The molecule has 5 nitrogen and oxygen atoms in total. The van der Waals surface area contributed by atoms with Crippen LogP contribution in [-0.2, 0) is 11.3 Å². The molecule has 0 radical (unpaired) electrons. The predicted octanol–water partition coefficient (Wildman–Crippen LogP) is 4.86. The summed E-state index contributed by atoms with van der Waals surface area (Å²) < 4.78 is 0. The van der Waals surface area contributed by atoms with E-state index in [9.17, 15) is 9.59 Å². The molecule has 0 aliphatic rings. The number of nitrogens with zero attached hydrogens (tertiary/aromatic N) is 2. The molecule has 0 aliphatic heterocycles. The Morgan fingerprint density at radius 2 is 1.63 bits per heavy atom. The average Bonchev–Trinajstić information content (AvgIpc) is 2.66. The SMILES string of the molecule is CC(C)CC(NC(=O)c1ccc(Cl)cc1Cl)C(=O)N(C)Cc1ccc(N(C)C)cc1. The zero-order valence-corrected chi connectivity index (χ0v) is 19.6. The first-order valence-electron chi connectivity index (χ1n) is 9.85. The van der Waals surface area contributed by atoms with Crippen molar-refractivity contribution in [3.63, 3.8) is 0 Å². The molecule has 0 fully saturated rings. The Morgan fingerprint density at radius 3 is 2.17 bits per heavy atom. The van der Waals surface area contributed by atoms with Crippen LogP contribution in [0.5, 0.6) is 0 Å². The fourth-order valence-electron chi connectivity index (χ4n) is 3.12. The number of nitrogens with one attached hydrogen (secondary N) is 1. The molecule has 0 saturated carbocycles. The number of halogens is 2. The van der Waals surface area contributed by atoms with Crippen molar-refractivity contribution in [2.75, 3.05) is 26.0 Å². The molecule has 1 N–H and O–H groups in total. The van der Waals surface area contributed by atoms with Crippen LogP contribution in [0.3, 0.4) is 0 Å². The van der Waals surface area contributed by atoms with Crippen molar-refractivity contribution in [1.29, 1.82) is 0 Å². The van der Waals surface area contributed by atoms with Crippen LogP contribution >= 0.6 is 23.2 Å². The number of amides is 2. The molecule has 2 amide bonds. The van der Waals surface area contributed by atoms with E-state index in [-0.39, 0.29) is 22.8 Å². The Hall–Kier alpha value is -2.24. The second kappa shape index (κ2) is 10.7. The molecule has 2 aromatic rings. The van der Waals surface area contributed by atoms with Crippen LogP contribution in [0.1, 0.15) is 36.2 Å². The van der Waals surface area contributed by atoms with E-state index in [0.29, 0.717) is 23.6 Å².